The molecule has 0 radical (unpaired) electrons. The lowest BCUT2D eigenvalue weighted by Gasteiger charge is -2.18. The van der Waals surface area contributed by atoms with Crippen molar-refractivity contribution in [3.05, 3.63) is 48.5 Å². The summed E-state index contributed by atoms with van der Waals surface area (Å²) in [5.41, 5.74) is 0. The number of rotatable bonds is 14. The fourth-order valence-electron chi connectivity index (χ4n) is 3.74. The summed E-state index contributed by atoms with van der Waals surface area (Å²) >= 11 is 0. The Morgan fingerprint density at radius 1 is 0.588 bits per heavy atom. The minimum Gasteiger partial charge on any atom is -0.489 e. The average Bonchev–Trinajstić information content (AvgIpc) is 2.87. The highest BCUT2D eigenvalue weighted by Gasteiger charge is 2.16. The second-order valence-corrected chi connectivity index (χ2v) is 8.09. The molecule has 0 amide bonds. The van der Waals surface area contributed by atoms with E-state index in [9.17, 15) is 9.59 Å². The van der Waals surface area contributed by atoms with Gasteiger partial charge in [-0.2, -0.15) is 0 Å². The summed E-state index contributed by atoms with van der Waals surface area (Å²) in [7, 11) is 0. The first-order valence-electron chi connectivity index (χ1n) is 12.2. The molecule has 0 unspecified atom stereocenters. The molecule has 34 heavy (non-hydrogen) atoms. The second-order valence-electron chi connectivity index (χ2n) is 8.09. The van der Waals surface area contributed by atoms with E-state index in [1.54, 1.807) is 0 Å². The molecule has 0 N–H and O–H groups in total. The highest BCUT2D eigenvalue weighted by Crippen LogP contribution is 2.42. The highest BCUT2D eigenvalue weighted by molar-refractivity contribution is 6.11. The zero-order valence-electron chi connectivity index (χ0n) is 20.1. The molecule has 3 aromatic carbocycles. The number of carbonyl (C=O) groups excluding carboxylic acids is 2. The molecule has 3 rings (SSSR count). The highest BCUT2D eigenvalue weighted by atomic mass is 16.6. The van der Waals surface area contributed by atoms with E-state index in [2.05, 4.69) is 0 Å². The molecule has 3 aromatic rings. The van der Waals surface area contributed by atoms with Gasteiger partial charge in [-0.3, -0.25) is 9.59 Å². The normalized spacial score (nSPS) is 10.9. The van der Waals surface area contributed by atoms with Gasteiger partial charge in [0.1, 0.15) is 37.9 Å². The topological polar surface area (TPSA) is 71.1 Å². The molecule has 0 fully saturated rings. The van der Waals surface area contributed by atoms with Crippen LogP contribution in [0.3, 0.4) is 0 Å². The van der Waals surface area contributed by atoms with E-state index in [-0.39, 0.29) is 38.4 Å². The van der Waals surface area contributed by atoms with Gasteiger partial charge in [0.25, 0.3) is 0 Å². The van der Waals surface area contributed by atoms with Crippen LogP contribution in [0.4, 0.5) is 0 Å². The predicted octanol–water partition coefficient (Wildman–Crippen LogP) is 6.22. The molecule has 6 nitrogen and oxygen atoms in total. The molecule has 182 valence electrons. The summed E-state index contributed by atoms with van der Waals surface area (Å²) in [5, 5.41) is 3.64. The van der Waals surface area contributed by atoms with Crippen LogP contribution >= 0.6 is 0 Å². The summed E-state index contributed by atoms with van der Waals surface area (Å²) in [6.07, 6.45) is 4.44. The van der Waals surface area contributed by atoms with Gasteiger partial charge >= 0.3 is 11.9 Å². The predicted molar refractivity (Wildman–Crippen MR) is 133 cm³/mol. The number of ether oxygens (including phenoxy) is 4. The first kappa shape index (κ1) is 25.3. The standard InChI is InChI=1S/C28H34O6/c1-3-5-15-25(29)31-17-19-33-27-21-11-7-9-13-23(21)28(24-14-10-8-12-22(24)27)34-20-18-32-26(30)16-6-4-2/h7-14H,3-6,15-20H2,1-2H3. The molecular weight excluding hydrogens is 432 g/mol. The number of esters is 2. The van der Waals surface area contributed by atoms with E-state index < -0.39 is 0 Å². The quantitative estimate of drug-likeness (QED) is 0.160. The number of unbranched alkanes of at least 4 members (excludes halogenated alkanes) is 2. The SMILES string of the molecule is CCCCC(=O)OCCOc1c2ccccc2c(OCCOC(=O)CCCC)c2ccccc12. The molecule has 0 aliphatic heterocycles. The van der Waals surface area contributed by atoms with Crippen molar-refractivity contribution in [2.24, 2.45) is 0 Å². The fraction of sp³-hybridized carbons (Fsp3) is 0.429. The maximum Gasteiger partial charge on any atom is 0.305 e. The molecule has 0 heterocycles. The Hall–Kier alpha value is -3.28. The molecule has 6 heteroatoms. The third kappa shape index (κ3) is 6.86. The lowest BCUT2D eigenvalue weighted by atomic mass is 10.0. The molecule has 0 aromatic heterocycles. The summed E-state index contributed by atoms with van der Waals surface area (Å²) in [4.78, 5) is 23.6. The van der Waals surface area contributed by atoms with Crippen LogP contribution in [0.5, 0.6) is 11.5 Å². The fourth-order valence-corrected chi connectivity index (χ4v) is 3.74. The minimum absolute atomic E-state index is 0.195. The molecule has 0 bridgehead atoms. The van der Waals surface area contributed by atoms with E-state index in [4.69, 9.17) is 18.9 Å². The van der Waals surface area contributed by atoms with Crippen molar-refractivity contribution in [1.82, 2.24) is 0 Å². The van der Waals surface area contributed by atoms with Gasteiger partial charge in [0, 0.05) is 34.4 Å². The van der Waals surface area contributed by atoms with E-state index in [0.717, 1.165) is 58.7 Å². The van der Waals surface area contributed by atoms with Gasteiger partial charge in [0.15, 0.2) is 0 Å². The number of hydrogen-bond donors (Lipinski definition) is 0. The summed E-state index contributed by atoms with van der Waals surface area (Å²) in [5.74, 6) is 1.07. The first-order valence-corrected chi connectivity index (χ1v) is 12.2. The van der Waals surface area contributed by atoms with Gasteiger partial charge in [0.05, 0.1) is 0 Å². The largest absolute Gasteiger partial charge is 0.489 e. The lowest BCUT2D eigenvalue weighted by molar-refractivity contribution is -0.145. The van der Waals surface area contributed by atoms with Gasteiger partial charge in [0.2, 0.25) is 0 Å². The van der Waals surface area contributed by atoms with Gasteiger partial charge in [-0.15, -0.1) is 0 Å². The molecule has 0 atom stereocenters. The van der Waals surface area contributed by atoms with Crippen LogP contribution in [0.2, 0.25) is 0 Å². The molecule has 0 aliphatic rings. The minimum atomic E-state index is -0.195. The average molecular weight is 467 g/mol. The molecule has 0 spiro atoms. The summed E-state index contributed by atoms with van der Waals surface area (Å²) < 4.78 is 22.9. The first-order chi connectivity index (χ1) is 16.7. The maximum atomic E-state index is 11.8. The van der Waals surface area contributed by atoms with Crippen LogP contribution in [-0.4, -0.2) is 38.4 Å². The van der Waals surface area contributed by atoms with Crippen LogP contribution in [0, 0.1) is 0 Å². The Kier molecular flexibility index (Phi) is 10.0. The van der Waals surface area contributed by atoms with Gasteiger partial charge in [-0.05, 0) is 12.8 Å². The van der Waals surface area contributed by atoms with Crippen LogP contribution in [0.15, 0.2) is 48.5 Å². The van der Waals surface area contributed by atoms with Crippen LogP contribution < -0.4 is 9.47 Å². The van der Waals surface area contributed by atoms with Crippen LogP contribution in [-0.2, 0) is 19.1 Å². The lowest BCUT2D eigenvalue weighted by Crippen LogP contribution is -2.13. The van der Waals surface area contributed by atoms with Crippen molar-refractivity contribution in [3.63, 3.8) is 0 Å². The summed E-state index contributed by atoms with van der Waals surface area (Å²) in [6.45, 7) is 5.01. The zero-order valence-corrected chi connectivity index (χ0v) is 20.1. The van der Waals surface area contributed by atoms with Gasteiger partial charge in [-0.25, -0.2) is 0 Å². The Balaban J connectivity index is 1.75. The van der Waals surface area contributed by atoms with Crippen LogP contribution in [0.25, 0.3) is 21.5 Å². The van der Waals surface area contributed by atoms with Crippen molar-refractivity contribution in [2.45, 2.75) is 52.4 Å². The van der Waals surface area contributed by atoms with Gasteiger partial charge < -0.3 is 18.9 Å². The number of fused-ring (bicyclic) bond motifs is 2. The Labute approximate surface area is 201 Å². The second kappa shape index (κ2) is 13.4. The maximum absolute atomic E-state index is 11.8. The Morgan fingerprint density at radius 3 is 1.26 bits per heavy atom. The van der Waals surface area contributed by atoms with Crippen molar-refractivity contribution >= 4 is 33.5 Å². The molecule has 0 saturated heterocycles. The van der Waals surface area contributed by atoms with E-state index in [0.29, 0.717) is 12.8 Å². The van der Waals surface area contributed by atoms with Crippen molar-refractivity contribution in [2.75, 3.05) is 26.4 Å². The third-order valence-corrected chi connectivity index (χ3v) is 5.49. The van der Waals surface area contributed by atoms with Crippen LogP contribution in [0.1, 0.15) is 52.4 Å². The number of hydrogen-bond acceptors (Lipinski definition) is 6. The van der Waals surface area contributed by atoms with E-state index in [1.165, 1.54) is 0 Å². The zero-order chi connectivity index (χ0) is 24.2. The Bertz CT molecular complexity index is 948. The Morgan fingerprint density at radius 2 is 0.941 bits per heavy atom. The monoisotopic (exact) mass is 466 g/mol. The van der Waals surface area contributed by atoms with Crippen molar-refractivity contribution in [3.8, 4) is 11.5 Å². The molecule has 0 saturated carbocycles. The molecular formula is C28H34O6. The summed E-state index contributed by atoms with van der Waals surface area (Å²) in [6, 6.07) is 15.8. The smallest absolute Gasteiger partial charge is 0.305 e. The van der Waals surface area contributed by atoms with Gasteiger partial charge in [-0.1, -0.05) is 75.2 Å². The van der Waals surface area contributed by atoms with Crippen molar-refractivity contribution < 1.29 is 28.5 Å². The number of benzene rings is 3. The third-order valence-electron chi connectivity index (χ3n) is 5.49. The van der Waals surface area contributed by atoms with E-state index in [1.807, 2.05) is 62.4 Å². The number of carbonyl (C=O) groups is 2. The molecule has 0 aliphatic carbocycles. The van der Waals surface area contributed by atoms with Crippen molar-refractivity contribution in [1.29, 1.82) is 0 Å². The van der Waals surface area contributed by atoms with E-state index >= 15 is 0 Å².